The summed E-state index contributed by atoms with van der Waals surface area (Å²) in [5, 5.41) is 3.39. The van der Waals surface area contributed by atoms with Crippen molar-refractivity contribution in [2.45, 2.75) is 20.5 Å². The molecule has 1 amide bonds. The summed E-state index contributed by atoms with van der Waals surface area (Å²) in [7, 11) is 0. The Bertz CT molecular complexity index is 1450. The second kappa shape index (κ2) is 9.96. The summed E-state index contributed by atoms with van der Waals surface area (Å²) in [6.07, 6.45) is 1.57. The number of carbonyl (C=O) groups excluding carboxylic acids is 2. The topological polar surface area (TPSA) is 93.8 Å². The standard InChI is InChI=1S/C25H19BrFN3O4/c1-14-23-21(16(12-28-14)13-33-15(2)31)11-22(24(32)29-19-7-3-17(26)4-8-19)25(34-23)30-20-9-5-18(27)6-10-20/h3-12H,13H2,1-2H3,(H,29,32). The molecule has 2 aromatic heterocycles. The van der Waals surface area contributed by atoms with Gasteiger partial charge in [0.1, 0.15) is 18.0 Å². The van der Waals surface area contributed by atoms with Crippen LogP contribution >= 0.6 is 15.9 Å². The van der Waals surface area contributed by atoms with Crippen molar-refractivity contribution < 1.29 is 23.1 Å². The van der Waals surface area contributed by atoms with Gasteiger partial charge in [0, 0.05) is 34.2 Å². The average Bonchev–Trinajstić information content (AvgIpc) is 2.81. The third-order valence-electron chi connectivity index (χ3n) is 4.89. The van der Waals surface area contributed by atoms with Crippen molar-refractivity contribution in [1.82, 2.24) is 4.98 Å². The van der Waals surface area contributed by atoms with Crippen LogP contribution in [0.15, 0.2) is 74.7 Å². The number of rotatable bonds is 5. The van der Waals surface area contributed by atoms with Crippen LogP contribution in [0.25, 0.3) is 11.0 Å². The molecule has 0 radical (unpaired) electrons. The summed E-state index contributed by atoms with van der Waals surface area (Å²) in [5.74, 6) is -1.30. The van der Waals surface area contributed by atoms with Gasteiger partial charge in [0.25, 0.3) is 5.91 Å². The highest BCUT2D eigenvalue weighted by molar-refractivity contribution is 9.10. The van der Waals surface area contributed by atoms with E-state index in [1.54, 1.807) is 43.5 Å². The minimum Gasteiger partial charge on any atom is -0.461 e. The summed E-state index contributed by atoms with van der Waals surface area (Å²) in [6.45, 7) is 3.03. The zero-order valence-electron chi connectivity index (χ0n) is 18.3. The summed E-state index contributed by atoms with van der Waals surface area (Å²) < 4.78 is 25.4. The number of ether oxygens (including phenoxy) is 1. The number of hydrogen-bond acceptors (Lipinski definition) is 6. The Morgan fingerprint density at radius 1 is 1.15 bits per heavy atom. The van der Waals surface area contributed by atoms with Gasteiger partial charge in [-0.25, -0.2) is 9.38 Å². The molecule has 9 heteroatoms. The lowest BCUT2D eigenvalue weighted by Gasteiger charge is -2.11. The molecule has 2 heterocycles. The molecule has 0 aliphatic rings. The Labute approximate surface area is 202 Å². The fraction of sp³-hybridized carbons (Fsp3) is 0.120. The molecule has 1 N–H and O–H groups in total. The highest BCUT2D eigenvalue weighted by atomic mass is 79.9. The van der Waals surface area contributed by atoms with Crippen molar-refractivity contribution in [3.8, 4) is 0 Å². The lowest BCUT2D eigenvalue weighted by atomic mass is 10.1. The molecule has 0 spiro atoms. The molecule has 0 saturated heterocycles. The number of benzene rings is 2. The predicted molar refractivity (Wildman–Crippen MR) is 128 cm³/mol. The van der Waals surface area contributed by atoms with Gasteiger partial charge in [0.15, 0.2) is 5.58 Å². The van der Waals surface area contributed by atoms with Crippen LogP contribution in [-0.2, 0) is 16.1 Å². The van der Waals surface area contributed by atoms with E-state index in [1.165, 1.54) is 31.2 Å². The van der Waals surface area contributed by atoms with Gasteiger partial charge in [-0.3, -0.25) is 14.6 Å². The Balaban J connectivity index is 1.89. The van der Waals surface area contributed by atoms with Crippen molar-refractivity contribution >= 4 is 50.2 Å². The minimum absolute atomic E-state index is 0.0308. The maximum Gasteiger partial charge on any atom is 0.302 e. The van der Waals surface area contributed by atoms with Crippen LogP contribution in [0, 0.1) is 12.7 Å². The SMILES string of the molecule is CC(=O)OCc1cnc(C)c2oc(=Nc3ccc(F)cc3)c(C(=O)Nc3ccc(Br)cc3)cc12. The first-order valence-corrected chi connectivity index (χ1v) is 11.0. The zero-order valence-corrected chi connectivity index (χ0v) is 19.8. The van der Waals surface area contributed by atoms with Crippen molar-refractivity contribution in [3.05, 3.63) is 93.5 Å². The first-order valence-electron chi connectivity index (χ1n) is 10.2. The predicted octanol–water partition coefficient (Wildman–Crippen LogP) is 5.59. The van der Waals surface area contributed by atoms with Gasteiger partial charge in [-0.05, 0) is 61.5 Å². The smallest absolute Gasteiger partial charge is 0.302 e. The van der Waals surface area contributed by atoms with Crippen LogP contribution in [0.3, 0.4) is 0 Å². The third-order valence-corrected chi connectivity index (χ3v) is 5.41. The van der Waals surface area contributed by atoms with E-state index in [0.29, 0.717) is 33.6 Å². The summed E-state index contributed by atoms with van der Waals surface area (Å²) in [5.41, 5.74) is 2.70. The molecular formula is C25H19BrFN3O4. The maximum absolute atomic E-state index is 13.4. The van der Waals surface area contributed by atoms with Gasteiger partial charge in [0.2, 0.25) is 5.55 Å². The van der Waals surface area contributed by atoms with Gasteiger partial charge in [-0.15, -0.1) is 0 Å². The number of amides is 1. The molecule has 34 heavy (non-hydrogen) atoms. The fourth-order valence-corrected chi connectivity index (χ4v) is 3.46. The monoisotopic (exact) mass is 523 g/mol. The van der Waals surface area contributed by atoms with E-state index in [1.807, 2.05) is 0 Å². The molecule has 0 saturated carbocycles. The van der Waals surface area contributed by atoms with Crippen molar-refractivity contribution in [2.24, 2.45) is 4.99 Å². The molecule has 0 aliphatic carbocycles. The number of pyridine rings is 1. The van der Waals surface area contributed by atoms with Crippen LogP contribution in [0.5, 0.6) is 0 Å². The van der Waals surface area contributed by atoms with Crippen molar-refractivity contribution in [3.63, 3.8) is 0 Å². The average molecular weight is 524 g/mol. The molecule has 2 aromatic carbocycles. The van der Waals surface area contributed by atoms with Crippen LogP contribution in [0.4, 0.5) is 15.8 Å². The molecule has 172 valence electrons. The normalized spacial score (nSPS) is 11.5. The highest BCUT2D eigenvalue weighted by Crippen LogP contribution is 2.23. The van der Waals surface area contributed by atoms with Gasteiger partial charge in [-0.2, -0.15) is 0 Å². The number of halogens is 2. The van der Waals surface area contributed by atoms with Gasteiger partial charge < -0.3 is 14.5 Å². The molecule has 7 nitrogen and oxygen atoms in total. The number of fused-ring (bicyclic) bond motifs is 1. The first-order chi connectivity index (χ1) is 16.3. The number of aromatic nitrogens is 1. The molecule has 4 rings (SSSR count). The summed E-state index contributed by atoms with van der Waals surface area (Å²) in [4.78, 5) is 33.3. The molecule has 0 unspecified atom stereocenters. The Morgan fingerprint density at radius 3 is 2.53 bits per heavy atom. The molecule has 0 aliphatic heterocycles. The molecule has 0 atom stereocenters. The number of esters is 1. The van der Waals surface area contributed by atoms with Crippen LogP contribution in [-0.4, -0.2) is 16.9 Å². The van der Waals surface area contributed by atoms with E-state index in [2.05, 4.69) is 31.2 Å². The summed E-state index contributed by atoms with van der Waals surface area (Å²) >= 11 is 3.37. The van der Waals surface area contributed by atoms with Crippen molar-refractivity contribution in [2.75, 3.05) is 5.32 Å². The van der Waals surface area contributed by atoms with Gasteiger partial charge >= 0.3 is 5.97 Å². The maximum atomic E-state index is 13.4. The first kappa shape index (κ1) is 23.3. The van der Waals surface area contributed by atoms with Gasteiger partial charge in [-0.1, -0.05) is 15.9 Å². The van der Waals surface area contributed by atoms with E-state index < -0.39 is 17.7 Å². The minimum atomic E-state index is -0.457. The number of hydrogen-bond donors (Lipinski definition) is 1. The molecule has 0 bridgehead atoms. The third kappa shape index (κ3) is 5.37. The fourth-order valence-electron chi connectivity index (χ4n) is 3.19. The zero-order chi connectivity index (χ0) is 24.2. The van der Waals surface area contributed by atoms with E-state index >= 15 is 0 Å². The molecular weight excluding hydrogens is 505 g/mol. The van der Waals surface area contributed by atoms with Gasteiger partial charge in [0.05, 0.1) is 11.4 Å². The number of nitrogens with one attached hydrogen (secondary N) is 1. The largest absolute Gasteiger partial charge is 0.461 e. The lowest BCUT2D eigenvalue weighted by Crippen LogP contribution is -2.22. The number of nitrogens with zero attached hydrogens (tertiary/aromatic N) is 2. The Hall–Kier alpha value is -3.85. The Kier molecular flexibility index (Phi) is 6.83. The van der Waals surface area contributed by atoms with E-state index in [-0.39, 0.29) is 17.7 Å². The molecule has 4 aromatic rings. The highest BCUT2D eigenvalue weighted by Gasteiger charge is 2.17. The summed E-state index contributed by atoms with van der Waals surface area (Å²) in [6, 6.07) is 14.2. The second-order valence-electron chi connectivity index (χ2n) is 7.41. The molecule has 0 fully saturated rings. The van der Waals surface area contributed by atoms with Crippen LogP contribution in [0.1, 0.15) is 28.5 Å². The second-order valence-corrected chi connectivity index (χ2v) is 8.32. The van der Waals surface area contributed by atoms with Crippen molar-refractivity contribution in [1.29, 1.82) is 0 Å². The van der Waals surface area contributed by atoms with E-state index in [9.17, 15) is 14.0 Å². The van der Waals surface area contributed by atoms with Crippen LogP contribution < -0.4 is 10.9 Å². The van der Waals surface area contributed by atoms with Crippen LogP contribution in [0.2, 0.25) is 0 Å². The number of aryl methyl sites for hydroxylation is 1. The number of carbonyl (C=O) groups is 2. The van der Waals surface area contributed by atoms with E-state index in [0.717, 1.165) is 4.47 Å². The quantitative estimate of drug-likeness (QED) is 0.344. The Morgan fingerprint density at radius 2 is 1.85 bits per heavy atom. The van der Waals surface area contributed by atoms with E-state index in [4.69, 9.17) is 9.15 Å². The lowest BCUT2D eigenvalue weighted by molar-refractivity contribution is -0.142. The number of anilines is 1.